The molecule has 0 saturated carbocycles. The molecule has 158 valence electrons. The van der Waals surface area contributed by atoms with Crippen molar-refractivity contribution in [3.63, 3.8) is 0 Å². The lowest BCUT2D eigenvalue weighted by atomic mass is 10.2. The van der Waals surface area contributed by atoms with Crippen molar-refractivity contribution in [1.82, 2.24) is 5.43 Å². The third-order valence-electron chi connectivity index (χ3n) is 3.96. The van der Waals surface area contributed by atoms with Gasteiger partial charge in [0.1, 0.15) is 12.4 Å². The summed E-state index contributed by atoms with van der Waals surface area (Å²) in [7, 11) is 0. The van der Waals surface area contributed by atoms with Crippen LogP contribution < -0.4 is 15.5 Å². The van der Waals surface area contributed by atoms with Crippen molar-refractivity contribution < 1.29 is 14.3 Å². The van der Waals surface area contributed by atoms with Gasteiger partial charge in [0.25, 0.3) is 0 Å². The van der Waals surface area contributed by atoms with Gasteiger partial charge in [0, 0.05) is 15.7 Å². The molecule has 0 atom stereocenters. The van der Waals surface area contributed by atoms with Gasteiger partial charge in [-0.2, -0.15) is 5.10 Å². The summed E-state index contributed by atoms with van der Waals surface area (Å²) in [6.45, 7) is 0.377. The van der Waals surface area contributed by atoms with E-state index >= 15 is 0 Å². The molecule has 9 heteroatoms. The summed E-state index contributed by atoms with van der Waals surface area (Å²) >= 11 is 15.1. The molecule has 2 amide bonds. The predicted molar refractivity (Wildman–Crippen MR) is 126 cm³/mol. The van der Waals surface area contributed by atoms with Gasteiger partial charge >= 0.3 is 11.8 Å². The summed E-state index contributed by atoms with van der Waals surface area (Å²) in [4.78, 5) is 24.0. The molecule has 0 fully saturated rings. The minimum Gasteiger partial charge on any atom is -0.488 e. The normalized spacial score (nSPS) is 10.7. The van der Waals surface area contributed by atoms with Gasteiger partial charge in [-0.1, -0.05) is 69.5 Å². The van der Waals surface area contributed by atoms with Crippen LogP contribution >= 0.6 is 39.1 Å². The average molecular weight is 521 g/mol. The average Bonchev–Trinajstić information content (AvgIpc) is 2.76. The van der Waals surface area contributed by atoms with E-state index in [9.17, 15) is 9.59 Å². The molecule has 0 radical (unpaired) electrons. The second kappa shape index (κ2) is 10.9. The Morgan fingerprint density at radius 2 is 1.74 bits per heavy atom. The summed E-state index contributed by atoms with van der Waals surface area (Å²) in [5, 5.41) is 6.88. The second-order valence-electron chi connectivity index (χ2n) is 6.24. The zero-order valence-electron chi connectivity index (χ0n) is 15.9. The van der Waals surface area contributed by atoms with Crippen LogP contribution in [0.25, 0.3) is 0 Å². The zero-order chi connectivity index (χ0) is 22.2. The van der Waals surface area contributed by atoms with Crippen LogP contribution in [-0.4, -0.2) is 18.0 Å². The van der Waals surface area contributed by atoms with Gasteiger partial charge in [0.2, 0.25) is 0 Å². The first kappa shape index (κ1) is 22.8. The van der Waals surface area contributed by atoms with E-state index in [2.05, 4.69) is 31.8 Å². The minimum absolute atomic E-state index is 0.260. The van der Waals surface area contributed by atoms with E-state index in [-0.39, 0.29) is 5.02 Å². The molecule has 0 heterocycles. The first-order chi connectivity index (χ1) is 14.9. The molecule has 3 rings (SSSR count). The summed E-state index contributed by atoms with van der Waals surface area (Å²) < 4.78 is 6.67. The Bertz CT molecular complexity index is 1120. The minimum atomic E-state index is -0.941. The summed E-state index contributed by atoms with van der Waals surface area (Å²) in [5.74, 6) is -1.26. The topological polar surface area (TPSA) is 79.8 Å². The summed E-state index contributed by atoms with van der Waals surface area (Å²) in [6.07, 6.45) is 1.40. The van der Waals surface area contributed by atoms with Gasteiger partial charge in [-0.15, -0.1) is 0 Å². The number of benzene rings is 3. The third kappa shape index (κ3) is 6.82. The smallest absolute Gasteiger partial charge is 0.329 e. The van der Waals surface area contributed by atoms with Gasteiger partial charge in [-0.3, -0.25) is 9.59 Å². The van der Waals surface area contributed by atoms with Crippen molar-refractivity contribution in [2.24, 2.45) is 5.10 Å². The van der Waals surface area contributed by atoms with Crippen molar-refractivity contribution in [3.05, 3.63) is 92.4 Å². The van der Waals surface area contributed by atoms with Crippen LogP contribution in [0.4, 0.5) is 5.69 Å². The summed E-state index contributed by atoms with van der Waals surface area (Å²) in [5.41, 5.74) is 4.16. The van der Waals surface area contributed by atoms with Crippen LogP contribution in [0.1, 0.15) is 11.1 Å². The number of nitrogens with one attached hydrogen (secondary N) is 2. The van der Waals surface area contributed by atoms with Crippen molar-refractivity contribution in [1.29, 1.82) is 0 Å². The summed E-state index contributed by atoms with van der Waals surface area (Å²) in [6, 6.07) is 19.6. The lowest BCUT2D eigenvalue weighted by Crippen LogP contribution is -2.32. The maximum absolute atomic E-state index is 12.0. The molecule has 0 saturated heterocycles. The highest BCUT2D eigenvalue weighted by Crippen LogP contribution is 2.25. The number of hydrazone groups is 1. The quantitative estimate of drug-likeness (QED) is 0.258. The van der Waals surface area contributed by atoms with Gasteiger partial charge < -0.3 is 10.1 Å². The SMILES string of the molecule is O=C(N/N=C\c1cc(Br)ccc1OCc1ccccc1)C(=O)Nc1ccc(Cl)c(Cl)c1. The number of amides is 2. The molecule has 0 unspecified atom stereocenters. The Morgan fingerprint density at radius 1 is 0.968 bits per heavy atom. The van der Waals surface area contributed by atoms with Crippen molar-refractivity contribution in [2.45, 2.75) is 6.61 Å². The Labute approximate surface area is 197 Å². The molecule has 0 aromatic heterocycles. The van der Waals surface area contributed by atoms with Gasteiger partial charge in [0.05, 0.1) is 16.3 Å². The fraction of sp³-hybridized carbons (Fsp3) is 0.0455. The van der Waals surface area contributed by atoms with Crippen LogP contribution in [0, 0.1) is 0 Å². The van der Waals surface area contributed by atoms with E-state index in [4.69, 9.17) is 27.9 Å². The van der Waals surface area contributed by atoms with Gasteiger partial charge in [0.15, 0.2) is 0 Å². The molecular weight excluding hydrogens is 505 g/mol. The lowest BCUT2D eigenvalue weighted by molar-refractivity contribution is -0.136. The molecule has 0 spiro atoms. The van der Waals surface area contributed by atoms with E-state index in [1.54, 1.807) is 12.1 Å². The van der Waals surface area contributed by atoms with E-state index in [0.29, 0.717) is 28.6 Å². The number of halogens is 3. The molecule has 0 aliphatic carbocycles. The highest BCUT2D eigenvalue weighted by atomic mass is 79.9. The Balaban J connectivity index is 1.61. The molecule has 0 aliphatic rings. The lowest BCUT2D eigenvalue weighted by Gasteiger charge is -2.10. The number of anilines is 1. The Kier molecular flexibility index (Phi) is 8.06. The molecule has 0 aliphatic heterocycles. The van der Waals surface area contributed by atoms with E-state index in [1.165, 1.54) is 24.4 Å². The maximum atomic E-state index is 12.0. The number of rotatable bonds is 6. The number of hydrogen-bond donors (Lipinski definition) is 2. The van der Waals surface area contributed by atoms with Crippen LogP contribution in [0.5, 0.6) is 5.75 Å². The fourth-order valence-electron chi connectivity index (χ4n) is 2.46. The molecular formula is C22H16BrCl2N3O3. The molecule has 3 aromatic carbocycles. The predicted octanol–water partition coefficient (Wildman–Crippen LogP) is 5.42. The van der Waals surface area contributed by atoms with E-state index < -0.39 is 11.8 Å². The van der Waals surface area contributed by atoms with Crippen LogP contribution in [0.2, 0.25) is 10.0 Å². The van der Waals surface area contributed by atoms with Gasteiger partial charge in [-0.05, 0) is 42.0 Å². The maximum Gasteiger partial charge on any atom is 0.329 e. The standard InChI is InChI=1S/C22H16BrCl2N3O3/c23-16-6-9-20(31-13-14-4-2-1-3-5-14)15(10-16)12-26-28-22(30)21(29)27-17-7-8-18(24)19(25)11-17/h1-12H,13H2,(H,27,29)(H,28,30)/b26-12-. The van der Waals surface area contributed by atoms with E-state index in [1.807, 2.05) is 36.4 Å². The van der Waals surface area contributed by atoms with Gasteiger partial charge in [-0.25, -0.2) is 5.43 Å². The Hall–Kier alpha value is -2.87. The molecule has 31 heavy (non-hydrogen) atoms. The van der Waals surface area contributed by atoms with Crippen molar-refractivity contribution >= 4 is 62.8 Å². The van der Waals surface area contributed by atoms with Crippen LogP contribution in [0.15, 0.2) is 76.3 Å². The first-order valence-electron chi connectivity index (χ1n) is 8.98. The highest BCUT2D eigenvalue weighted by molar-refractivity contribution is 9.10. The third-order valence-corrected chi connectivity index (χ3v) is 5.19. The zero-order valence-corrected chi connectivity index (χ0v) is 19.0. The monoisotopic (exact) mass is 519 g/mol. The largest absolute Gasteiger partial charge is 0.488 e. The second-order valence-corrected chi connectivity index (χ2v) is 7.97. The fourth-order valence-corrected chi connectivity index (χ4v) is 3.14. The highest BCUT2D eigenvalue weighted by Gasteiger charge is 2.13. The number of hydrogen-bond acceptors (Lipinski definition) is 4. The first-order valence-corrected chi connectivity index (χ1v) is 10.5. The Morgan fingerprint density at radius 3 is 2.48 bits per heavy atom. The van der Waals surface area contributed by atoms with Crippen molar-refractivity contribution in [2.75, 3.05) is 5.32 Å². The number of carbonyl (C=O) groups is 2. The number of nitrogens with zero attached hydrogens (tertiary/aromatic N) is 1. The van der Waals surface area contributed by atoms with Crippen LogP contribution in [0.3, 0.4) is 0 Å². The van der Waals surface area contributed by atoms with E-state index in [0.717, 1.165) is 10.0 Å². The molecule has 2 N–H and O–H groups in total. The molecule has 6 nitrogen and oxygen atoms in total. The number of carbonyl (C=O) groups excluding carboxylic acids is 2. The van der Waals surface area contributed by atoms with Crippen LogP contribution in [-0.2, 0) is 16.2 Å². The molecule has 3 aromatic rings. The molecule has 0 bridgehead atoms. The van der Waals surface area contributed by atoms with Crippen molar-refractivity contribution in [3.8, 4) is 5.75 Å². The number of ether oxygens (including phenoxy) is 1.